The second-order valence-electron chi connectivity index (χ2n) is 7.40. The molecule has 146 valence electrons. The number of sulfonamides is 1. The van der Waals surface area contributed by atoms with E-state index in [9.17, 15) is 13.2 Å². The van der Waals surface area contributed by atoms with Crippen molar-refractivity contribution in [2.75, 3.05) is 18.8 Å². The Bertz CT molecular complexity index is 690. The molecule has 0 bridgehead atoms. The molecule has 5 nitrogen and oxygen atoms in total. The molecule has 26 heavy (non-hydrogen) atoms. The molecule has 0 unspecified atom stereocenters. The van der Waals surface area contributed by atoms with Crippen LogP contribution in [0.4, 0.5) is 0 Å². The van der Waals surface area contributed by atoms with Gasteiger partial charge in [0.2, 0.25) is 15.9 Å². The van der Waals surface area contributed by atoms with Crippen molar-refractivity contribution in [2.45, 2.75) is 53.0 Å². The summed E-state index contributed by atoms with van der Waals surface area (Å²) >= 11 is 0. The van der Waals surface area contributed by atoms with Gasteiger partial charge in [0.15, 0.2) is 0 Å². The lowest BCUT2D eigenvalue weighted by Crippen LogP contribution is -2.44. The SMILES string of the molecule is CCc1ccc([C@@H](NC(=O)C2CCN(S(=O)(=O)CC)CC2)C(C)C)cc1. The topological polar surface area (TPSA) is 66.5 Å². The van der Waals surface area contributed by atoms with Gasteiger partial charge in [-0.25, -0.2) is 12.7 Å². The molecule has 0 radical (unpaired) electrons. The maximum absolute atomic E-state index is 12.8. The van der Waals surface area contributed by atoms with E-state index in [0.29, 0.717) is 25.9 Å². The van der Waals surface area contributed by atoms with Crippen molar-refractivity contribution < 1.29 is 13.2 Å². The largest absolute Gasteiger partial charge is 0.349 e. The fraction of sp³-hybridized carbons (Fsp3) is 0.650. The summed E-state index contributed by atoms with van der Waals surface area (Å²) in [5, 5.41) is 3.20. The van der Waals surface area contributed by atoms with Crippen molar-refractivity contribution in [3.05, 3.63) is 35.4 Å². The van der Waals surface area contributed by atoms with E-state index in [1.807, 2.05) is 0 Å². The minimum atomic E-state index is -3.15. The number of nitrogens with zero attached hydrogens (tertiary/aromatic N) is 1. The van der Waals surface area contributed by atoms with Gasteiger partial charge in [-0.3, -0.25) is 4.79 Å². The second kappa shape index (κ2) is 9.00. The van der Waals surface area contributed by atoms with Crippen molar-refractivity contribution in [2.24, 2.45) is 11.8 Å². The molecule has 1 aromatic rings. The molecular formula is C20H32N2O3S. The van der Waals surface area contributed by atoms with Crippen LogP contribution >= 0.6 is 0 Å². The van der Waals surface area contributed by atoms with Gasteiger partial charge in [0.1, 0.15) is 0 Å². The zero-order chi connectivity index (χ0) is 19.3. The quantitative estimate of drug-likeness (QED) is 0.790. The number of hydrogen-bond donors (Lipinski definition) is 1. The molecule has 1 N–H and O–H groups in total. The van der Waals surface area contributed by atoms with Gasteiger partial charge in [-0.1, -0.05) is 45.0 Å². The number of hydrogen-bond acceptors (Lipinski definition) is 3. The highest BCUT2D eigenvalue weighted by Gasteiger charge is 2.31. The lowest BCUT2D eigenvalue weighted by Gasteiger charge is -2.32. The first kappa shape index (κ1) is 20.9. The summed E-state index contributed by atoms with van der Waals surface area (Å²) in [5.41, 5.74) is 2.41. The van der Waals surface area contributed by atoms with Gasteiger partial charge in [0.25, 0.3) is 0 Å². The van der Waals surface area contributed by atoms with Crippen LogP contribution in [-0.2, 0) is 21.2 Å². The van der Waals surface area contributed by atoms with Gasteiger partial charge in [0, 0.05) is 19.0 Å². The number of nitrogens with one attached hydrogen (secondary N) is 1. The number of piperidine rings is 1. The third-order valence-corrected chi connectivity index (χ3v) is 7.18. The van der Waals surface area contributed by atoms with E-state index >= 15 is 0 Å². The van der Waals surface area contributed by atoms with Crippen molar-refractivity contribution >= 4 is 15.9 Å². The molecular weight excluding hydrogens is 348 g/mol. The van der Waals surface area contributed by atoms with Crippen LogP contribution in [0.5, 0.6) is 0 Å². The molecule has 0 aromatic heterocycles. The van der Waals surface area contributed by atoms with Crippen LogP contribution in [0.2, 0.25) is 0 Å². The Balaban J connectivity index is 2.00. The van der Waals surface area contributed by atoms with E-state index in [4.69, 9.17) is 0 Å². The average molecular weight is 381 g/mol. The number of carbonyl (C=O) groups excluding carboxylic acids is 1. The Morgan fingerprint density at radius 2 is 1.73 bits per heavy atom. The number of benzene rings is 1. The molecule has 2 rings (SSSR count). The summed E-state index contributed by atoms with van der Waals surface area (Å²) in [4.78, 5) is 12.8. The van der Waals surface area contributed by atoms with E-state index < -0.39 is 10.0 Å². The van der Waals surface area contributed by atoms with Crippen molar-refractivity contribution in [3.8, 4) is 0 Å². The second-order valence-corrected chi connectivity index (χ2v) is 9.66. The van der Waals surface area contributed by atoms with Gasteiger partial charge in [-0.15, -0.1) is 0 Å². The summed E-state index contributed by atoms with van der Waals surface area (Å²) in [6.07, 6.45) is 2.17. The summed E-state index contributed by atoms with van der Waals surface area (Å²) in [6.45, 7) is 8.87. The number of rotatable bonds is 7. The Kier molecular flexibility index (Phi) is 7.24. The van der Waals surface area contributed by atoms with Crippen molar-refractivity contribution in [3.63, 3.8) is 0 Å². The minimum absolute atomic E-state index is 0.0224. The zero-order valence-corrected chi connectivity index (χ0v) is 17.2. The van der Waals surface area contributed by atoms with E-state index in [2.05, 4.69) is 50.4 Å². The van der Waals surface area contributed by atoms with Crippen LogP contribution in [0.1, 0.15) is 57.7 Å². The predicted octanol–water partition coefficient (Wildman–Crippen LogP) is 3.12. The van der Waals surface area contributed by atoms with E-state index in [0.717, 1.165) is 12.0 Å². The number of aryl methyl sites for hydroxylation is 1. The summed E-state index contributed by atoms with van der Waals surface area (Å²) in [5.74, 6) is 0.325. The van der Waals surface area contributed by atoms with Gasteiger partial charge >= 0.3 is 0 Å². The standard InChI is InChI=1S/C20H32N2O3S/c1-5-16-7-9-17(10-8-16)19(15(3)4)21-20(23)18-11-13-22(14-12-18)26(24,25)6-2/h7-10,15,18-19H,5-6,11-14H2,1-4H3,(H,21,23)/t19-/m0/s1. The van der Waals surface area contributed by atoms with Crippen molar-refractivity contribution in [1.82, 2.24) is 9.62 Å². The summed E-state index contributed by atoms with van der Waals surface area (Å²) in [7, 11) is -3.15. The van der Waals surface area contributed by atoms with Crippen molar-refractivity contribution in [1.29, 1.82) is 0 Å². The minimum Gasteiger partial charge on any atom is -0.349 e. The fourth-order valence-electron chi connectivity index (χ4n) is 3.45. The Hall–Kier alpha value is -1.40. The van der Waals surface area contributed by atoms with Crippen LogP contribution < -0.4 is 5.32 Å². The number of amides is 1. The van der Waals surface area contributed by atoms with Gasteiger partial charge in [0.05, 0.1) is 11.8 Å². The first-order valence-electron chi connectivity index (χ1n) is 9.65. The van der Waals surface area contributed by atoms with Gasteiger partial charge in [-0.05, 0) is 43.2 Å². The predicted molar refractivity (Wildman–Crippen MR) is 105 cm³/mol. The molecule has 0 spiro atoms. The van der Waals surface area contributed by atoms with E-state index in [1.54, 1.807) is 6.92 Å². The molecule has 1 aromatic carbocycles. The third kappa shape index (κ3) is 5.07. The molecule has 1 aliphatic rings. The normalized spacial score (nSPS) is 18.0. The molecule has 6 heteroatoms. The highest BCUT2D eigenvalue weighted by atomic mass is 32.2. The molecule has 1 saturated heterocycles. The summed E-state index contributed by atoms with van der Waals surface area (Å²) in [6, 6.07) is 8.40. The Morgan fingerprint density at radius 3 is 2.19 bits per heavy atom. The zero-order valence-electron chi connectivity index (χ0n) is 16.4. The molecule has 1 aliphatic heterocycles. The van der Waals surface area contributed by atoms with Crippen LogP contribution in [0.3, 0.4) is 0 Å². The van der Waals surface area contributed by atoms with E-state index in [-0.39, 0.29) is 29.5 Å². The molecule has 0 aliphatic carbocycles. The molecule has 1 fully saturated rings. The first-order chi connectivity index (χ1) is 12.3. The molecule has 1 amide bonds. The Morgan fingerprint density at radius 1 is 1.15 bits per heavy atom. The lowest BCUT2D eigenvalue weighted by atomic mass is 9.92. The van der Waals surface area contributed by atoms with Crippen LogP contribution in [-0.4, -0.2) is 37.5 Å². The molecule has 1 atom stereocenters. The average Bonchev–Trinajstić information content (AvgIpc) is 2.66. The summed E-state index contributed by atoms with van der Waals surface area (Å²) < 4.78 is 25.4. The maximum Gasteiger partial charge on any atom is 0.223 e. The first-order valence-corrected chi connectivity index (χ1v) is 11.3. The number of carbonyl (C=O) groups is 1. The highest BCUT2D eigenvalue weighted by molar-refractivity contribution is 7.89. The van der Waals surface area contributed by atoms with E-state index in [1.165, 1.54) is 9.87 Å². The smallest absolute Gasteiger partial charge is 0.223 e. The van der Waals surface area contributed by atoms with Gasteiger partial charge < -0.3 is 5.32 Å². The van der Waals surface area contributed by atoms with Gasteiger partial charge in [-0.2, -0.15) is 0 Å². The third-order valence-electron chi connectivity index (χ3n) is 5.29. The highest BCUT2D eigenvalue weighted by Crippen LogP contribution is 2.25. The van der Waals surface area contributed by atoms with Crippen LogP contribution in [0.25, 0.3) is 0 Å². The lowest BCUT2D eigenvalue weighted by molar-refractivity contribution is -0.127. The Labute approximate surface area is 158 Å². The fourth-order valence-corrected chi connectivity index (χ4v) is 4.58. The molecule has 0 saturated carbocycles. The molecule has 1 heterocycles. The van der Waals surface area contributed by atoms with Crippen LogP contribution in [0, 0.1) is 11.8 Å². The van der Waals surface area contributed by atoms with Crippen LogP contribution in [0.15, 0.2) is 24.3 Å². The monoisotopic (exact) mass is 380 g/mol. The maximum atomic E-state index is 12.8.